The van der Waals surface area contributed by atoms with Crippen LogP contribution in [-0.4, -0.2) is 28.8 Å². The monoisotopic (exact) mass is 183 g/mol. The van der Waals surface area contributed by atoms with E-state index in [1.54, 1.807) is 0 Å². The second kappa shape index (κ2) is 3.58. The number of likely N-dealkylation sites (tertiary alicyclic amines) is 1. The lowest BCUT2D eigenvalue weighted by atomic mass is 9.95. The van der Waals surface area contributed by atoms with Crippen LogP contribution in [0.2, 0.25) is 0 Å². The van der Waals surface area contributed by atoms with Crippen molar-refractivity contribution in [2.75, 3.05) is 13.1 Å². The minimum Gasteiger partial charge on any atom is -0.375 e. The van der Waals surface area contributed by atoms with Crippen LogP contribution >= 0.6 is 0 Å². The van der Waals surface area contributed by atoms with Gasteiger partial charge in [0.05, 0.1) is 0 Å². The molecule has 13 heavy (non-hydrogen) atoms. The maximum atomic E-state index is 10.6. The topological polar surface area (TPSA) is 23.5 Å². The van der Waals surface area contributed by atoms with Crippen molar-refractivity contribution in [3.05, 3.63) is 0 Å². The van der Waals surface area contributed by atoms with Gasteiger partial charge in [-0.1, -0.05) is 6.92 Å². The van der Waals surface area contributed by atoms with E-state index in [1.807, 2.05) is 0 Å². The Kier molecular flexibility index (Phi) is 2.61. The molecule has 0 radical (unpaired) electrons. The zero-order valence-corrected chi connectivity index (χ0v) is 8.63. The molecule has 1 N–H and O–H groups in total. The van der Waals surface area contributed by atoms with Crippen LogP contribution in [-0.2, 0) is 0 Å². The van der Waals surface area contributed by atoms with Gasteiger partial charge in [-0.05, 0) is 38.5 Å². The average Bonchev–Trinajstić information content (AvgIpc) is 2.72. The van der Waals surface area contributed by atoms with Crippen molar-refractivity contribution in [3.8, 4) is 0 Å². The summed E-state index contributed by atoms with van der Waals surface area (Å²) in [6, 6.07) is 0. The molecular formula is C11H21NO. The molecule has 2 unspecified atom stereocenters. The van der Waals surface area contributed by atoms with Gasteiger partial charge in [0, 0.05) is 19.0 Å². The molecule has 2 nitrogen and oxygen atoms in total. The minimum absolute atomic E-state index is 0.425. The summed E-state index contributed by atoms with van der Waals surface area (Å²) < 4.78 is 0. The summed E-state index contributed by atoms with van der Waals surface area (Å²) in [5.41, 5.74) is -0.425. The highest BCUT2D eigenvalue weighted by molar-refractivity contribution is 4.93. The van der Waals surface area contributed by atoms with Gasteiger partial charge >= 0.3 is 0 Å². The highest BCUT2D eigenvalue weighted by Crippen LogP contribution is 2.41. The Morgan fingerprint density at radius 1 is 1.31 bits per heavy atom. The van der Waals surface area contributed by atoms with Gasteiger partial charge in [-0.3, -0.25) is 4.90 Å². The fourth-order valence-electron chi connectivity index (χ4n) is 3.10. The highest BCUT2D eigenvalue weighted by atomic mass is 16.3. The summed E-state index contributed by atoms with van der Waals surface area (Å²) in [6.45, 7) is 4.44. The lowest BCUT2D eigenvalue weighted by molar-refractivity contribution is -0.126. The normalized spacial score (nSPS) is 41.5. The summed E-state index contributed by atoms with van der Waals surface area (Å²) in [7, 11) is 0. The van der Waals surface area contributed by atoms with Gasteiger partial charge in [-0.2, -0.15) is 0 Å². The van der Waals surface area contributed by atoms with Gasteiger partial charge in [-0.25, -0.2) is 0 Å². The third kappa shape index (κ3) is 1.50. The largest absolute Gasteiger partial charge is 0.375 e. The molecule has 0 spiro atoms. The molecule has 76 valence electrons. The van der Waals surface area contributed by atoms with Crippen molar-refractivity contribution in [2.24, 2.45) is 5.92 Å². The van der Waals surface area contributed by atoms with Crippen LogP contribution in [0.1, 0.15) is 45.4 Å². The summed E-state index contributed by atoms with van der Waals surface area (Å²) in [5.74, 6) is 0.533. The number of aliphatic hydroxyl groups is 1. The molecule has 2 fully saturated rings. The minimum atomic E-state index is -0.425. The molecule has 0 aromatic heterocycles. The number of hydrogen-bond acceptors (Lipinski definition) is 2. The van der Waals surface area contributed by atoms with Crippen molar-refractivity contribution in [3.63, 3.8) is 0 Å². The summed E-state index contributed by atoms with van der Waals surface area (Å²) in [4.78, 5) is 2.33. The average molecular weight is 183 g/mol. The molecular weight excluding hydrogens is 162 g/mol. The molecule has 0 aromatic rings. The number of rotatable bonds is 2. The molecule has 0 amide bonds. The second-order valence-corrected chi connectivity index (χ2v) is 4.57. The molecule has 2 heteroatoms. The molecule has 1 aliphatic carbocycles. The first-order valence-corrected chi connectivity index (χ1v) is 5.75. The predicted molar refractivity (Wildman–Crippen MR) is 53.4 cm³/mol. The van der Waals surface area contributed by atoms with Crippen molar-refractivity contribution in [1.29, 1.82) is 0 Å². The lowest BCUT2D eigenvalue weighted by Gasteiger charge is -2.38. The Morgan fingerprint density at radius 3 is 2.62 bits per heavy atom. The van der Waals surface area contributed by atoms with Gasteiger partial charge in [0.15, 0.2) is 0 Å². The van der Waals surface area contributed by atoms with Gasteiger partial charge in [0.25, 0.3) is 0 Å². The van der Waals surface area contributed by atoms with E-state index in [2.05, 4.69) is 11.8 Å². The fraction of sp³-hybridized carbons (Fsp3) is 1.00. The number of hydrogen-bond donors (Lipinski definition) is 1. The van der Waals surface area contributed by atoms with Crippen LogP contribution in [0.5, 0.6) is 0 Å². The van der Waals surface area contributed by atoms with Crippen LogP contribution < -0.4 is 0 Å². The molecule has 2 aliphatic rings. The Bertz CT molecular complexity index is 177. The first kappa shape index (κ1) is 9.47. The van der Waals surface area contributed by atoms with Gasteiger partial charge < -0.3 is 5.11 Å². The van der Waals surface area contributed by atoms with Crippen LogP contribution in [0.25, 0.3) is 0 Å². The van der Waals surface area contributed by atoms with Crippen molar-refractivity contribution >= 4 is 0 Å². The Labute approximate surface area is 80.9 Å². The van der Waals surface area contributed by atoms with Gasteiger partial charge in [-0.15, -0.1) is 0 Å². The molecule has 0 bridgehead atoms. The smallest absolute Gasteiger partial charge is 0.121 e. The summed E-state index contributed by atoms with van der Waals surface area (Å²) >= 11 is 0. The van der Waals surface area contributed by atoms with E-state index < -0.39 is 5.72 Å². The maximum Gasteiger partial charge on any atom is 0.121 e. The predicted octanol–water partition coefficient (Wildman–Crippen LogP) is 1.98. The fourth-order valence-corrected chi connectivity index (χ4v) is 3.10. The molecule has 1 saturated heterocycles. The van der Waals surface area contributed by atoms with E-state index in [4.69, 9.17) is 0 Å². The van der Waals surface area contributed by atoms with Crippen LogP contribution in [0.4, 0.5) is 0 Å². The van der Waals surface area contributed by atoms with Crippen LogP contribution in [0, 0.1) is 5.92 Å². The second-order valence-electron chi connectivity index (χ2n) is 4.57. The molecule has 2 rings (SSSR count). The van der Waals surface area contributed by atoms with Gasteiger partial charge in [0.2, 0.25) is 0 Å². The zero-order chi connectivity index (χ0) is 9.31. The standard InChI is InChI=1S/C11H21NO/c1-2-10-6-5-7-11(10,13)12-8-3-4-9-12/h10,13H,2-9H2,1H3. The third-order valence-electron chi connectivity index (χ3n) is 3.90. The first-order valence-electron chi connectivity index (χ1n) is 5.75. The van der Waals surface area contributed by atoms with Crippen molar-refractivity contribution in [1.82, 2.24) is 4.90 Å². The summed E-state index contributed by atoms with van der Waals surface area (Å²) in [5, 5.41) is 10.6. The van der Waals surface area contributed by atoms with E-state index >= 15 is 0 Å². The van der Waals surface area contributed by atoms with E-state index in [-0.39, 0.29) is 0 Å². The Morgan fingerprint density at radius 2 is 2.00 bits per heavy atom. The first-order chi connectivity index (χ1) is 6.27. The Balaban J connectivity index is 2.07. The molecule has 2 atom stereocenters. The van der Waals surface area contributed by atoms with E-state index in [0.717, 1.165) is 25.9 Å². The molecule has 1 heterocycles. The van der Waals surface area contributed by atoms with E-state index in [9.17, 15) is 5.11 Å². The zero-order valence-electron chi connectivity index (χ0n) is 8.63. The molecule has 1 aliphatic heterocycles. The van der Waals surface area contributed by atoms with Crippen molar-refractivity contribution < 1.29 is 5.11 Å². The number of nitrogens with zero attached hydrogens (tertiary/aromatic N) is 1. The third-order valence-corrected chi connectivity index (χ3v) is 3.90. The SMILES string of the molecule is CCC1CCCC1(O)N1CCCC1. The van der Waals surface area contributed by atoms with E-state index in [0.29, 0.717) is 5.92 Å². The summed E-state index contributed by atoms with van der Waals surface area (Å²) in [6.07, 6.45) is 7.13. The van der Waals surface area contributed by atoms with Crippen molar-refractivity contribution in [2.45, 2.75) is 51.2 Å². The maximum absolute atomic E-state index is 10.6. The lowest BCUT2D eigenvalue weighted by Crippen LogP contribution is -2.49. The quantitative estimate of drug-likeness (QED) is 0.707. The Hall–Kier alpha value is -0.0800. The van der Waals surface area contributed by atoms with Crippen LogP contribution in [0.15, 0.2) is 0 Å². The molecule has 1 saturated carbocycles. The molecule has 0 aromatic carbocycles. The highest BCUT2D eigenvalue weighted by Gasteiger charge is 2.45. The van der Waals surface area contributed by atoms with Gasteiger partial charge in [0.1, 0.15) is 5.72 Å². The van der Waals surface area contributed by atoms with E-state index in [1.165, 1.54) is 25.7 Å². The van der Waals surface area contributed by atoms with Crippen LogP contribution in [0.3, 0.4) is 0 Å².